The summed E-state index contributed by atoms with van der Waals surface area (Å²) in [5.41, 5.74) is 0.982. The second-order valence-electron chi connectivity index (χ2n) is 4.67. The minimum absolute atomic E-state index is 0.164. The van der Waals surface area contributed by atoms with E-state index in [4.69, 9.17) is 9.47 Å². The van der Waals surface area contributed by atoms with Gasteiger partial charge in [0.05, 0.1) is 11.6 Å². The van der Waals surface area contributed by atoms with E-state index in [1.807, 2.05) is 18.2 Å². The lowest BCUT2D eigenvalue weighted by molar-refractivity contribution is -0.128. The minimum atomic E-state index is -0.231. The number of hydrogen-bond donors (Lipinski definition) is 0. The van der Waals surface area contributed by atoms with Gasteiger partial charge in [0.25, 0.3) is 0 Å². The molecule has 0 saturated carbocycles. The predicted octanol–water partition coefficient (Wildman–Crippen LogP) is 2.99. The first kappa shape index (κ1) is 13.6. The van der Waals surface area contributed by atoms with Crippen LogP contribution in [0.1, 0.15) is 18.9 Å². The summed E-state index contributed by atoms with van der Waals surface area (Å²) >= 11 is 3.43. The molecule has 1 heterocycles. The van der Waals surface area contributed by atoms with Gasteiger partial charge in [0.15, 0.2) is 5.78 Å². The first-order valence-corrected chi connectivity index (χ1v) is 6.88. The number of carbonyl (C=O) groups excluding carboxylic acids is 1. The minimum Gasteiger partial charge on any atom is -0.496 e. The maximum atomic E-state index is 12.1. The van der Waals surface area contributed by atoms with Crippen LogP contribution >= 0.6 is 15.9 Å². The number of carbonyl (C=O) groups is 1. The highest BCUT2D eigenvalue weighted by Gasteiger charge is 2.30. The van der Waals surface area contributed by atoms with Gasteiger partial charge in [-0.2, -0.15) is 0 Å². The van der Waals surface area contributed by atoms with E-state index in [9.17, 15) is 4.79 Å². The van der Waals surface area contributed by atoms with Crippen molar-refractivity contribution in [2.45, 2.75) is 25.9 Å². The SMILES string of the molecule is COc1ccc(CC(=O)C2OCCC2C)cc1Br. The van der Waals surface area contributed by atoms with Crippen LogP contribution in [0, 0.1) is 5.92 Å². The monoisotopic (exact) mass is 312 g/mol. The molecule has 0 amide bonds. The Morgan fingerprint density at radius 2 is 2.33 bits per heavy atom. The normalized spacial score (nSPS) is 23.1. The van der Waals surface area contributed by atoms with E-state index in [2.05, 4.69) is 22.9 Å². The molecular weight excluding hydrogens is 296 g/mol. The summed E-state index contributed by atoms with van der Waals surface area (Å²) in [6.07, 6.45) is 1.16. The van der Waals surface area contributed by atoms with Gasteiger partial charge in [-0.15, -0.1) is 0 Å². The number of methoxy groups -OCH3 is 1. The lowest BCUT2D eigenvalue weighted by Gasteiger charge is -2.13. The van der Waals surface area contributed by atoms with E-state index >= 15 is 0 Å². The first-order chi connectivity index (χ1) is 8.61. The molecule has 98 valence electrons. The van der Waals surface area contributed by atoms with Gasteiger partial charge in [-0.1, -0.05) is 13.0 Å². The van der Waals surface area contributed by atoms with E-state index in [1.54, 1.807) is 7.11 Å². The third-order valence-electron chi connectivity index (χ3n) is 3.30. The lowest BCUT2D eigenvalue weighted by atomic mass is 9.96. The highest BCUT2D eigenvalue weighted by atomic mass is 79.9. The van der Waals surface area contributed by atoms with Crippen LogP contribution in [0.25, 0.3) is 0 Å². The number of hydrogen-bond acceptors (Lipinski definition) is 3. The summed E-state index contributed by atoms with van der Waals surface area (Å²) in [5, 5.41) is 0. The molecule has 0 N–H and O–H groups in total. The van der Waals surface area contributed by atoms with Gasteiger partial charge < -0.3 is 9.47 Å². The third-order valence-corrected chi connectivity index (χ3v) is 3.92. The highest BCUT2D eigenvalue weighted by molar-refractivity contribution is 9.10. The molecule has 0 aliphatic carbocycles. The van der Waals surface area contributed by atoms with Gasteiger partial charge in [-0.25, -0.2) is 0 Å². The Morgan fingerprint density at radius 3 is 2.89 bits per heavy atom. The summed E-state index contributed by atoms with van der Waals surface area (Å²) in [5.74, 6) is 1.27. The fourth-order valence-electron chi connectivity index (χ4n) is 2.23. The van der Waals surface area contributed by atoms with Crippen molar-refractivity contribution in [2.24, 2.45) is 5.92 Å². The summed E-state index contributed by atoms with van der Waals surface area (Å²) in [6, 6.07) is 5.71. The molecule has 3 nitrogen and oxygen atoms in total. The van der Waals surface area contributed by atoms with E-state index in [-0.39, 0.29) is 11.9 Å². The van der Waals surface area contributed by atoms with Gasteiger partial charge in [0.2, 0.25) is 0 Å². The fraction of sp³-hybridized carbons (Fsp3) is 0.500. The Balaban J connectivity index is 2.05. The molecule has 1 saturated heterocycles. The topological polar surface area (TPSA) is 35.5 Å². The zero-order valence-electron chi connectivity index (χ0n) is 10.6. The van der Waals surface area contributed by atoms with E-state index in [0.29, 0.717) is 18.9 Å². The molecule has 0 aromatic heterocycles. The molecular formula is C14H17BrO3. The Kier molecular flexibility index (Phi) is 4.40. The van der Waals surface area contributed by atoms with Crippen LogP contribution in [0.4, 0.5) is 0 Å². The Hall–Kier alpha value is -0.870. The Morgan fingerprint density at radius 1 is 1.56 bits per heavy atom. The molecule has 4 heteroatoms. The second-order valence-corrected chi connectivity index (χ2v) is 5.52. The zero-order valence-corrected chi connectivity index (χ0v) is 12.2. The Labute approximate surface area is 116 Å². The molecule has 0 spiro atoms. The van der Waals surface area contributed by atoms with E-state index in [1.165, 1.54) is 0 Å². The molecule has 1 aromatic rings. The van der Waals surface area contributed by atoms with Crippen LogP contribution in [-0.2, 0) is 16.0 Å². The number of ketones is 1. The second kappa shape index (κ2) is 5.85. The smallest absolute Gasteiger partial charge is 0.166 e. The summed E-state index contributed by atoms with van der Waals surface area (Å²) in [7, 11) is 1.62. The third kappa shape index (κ3) is 2.93. The number of rotatable bonds is 4. The van der Waals surface area contributed by atoms with Crippen LogP contribution in [0.5, 0.6) is 5.75 Å². The van der Waals surface area contributed by atoms with E-state index < -0.39 is 0 Å². The molecule has 0 radical (unpaired) electrons. The Bertz CT molecular complexity index is 445. The average molecular weight is 313 g/mol. The van der Waals surface area contributed by atoms with Crippen molar-refractivity contribution in [2.75, 3.05) is 13.7 Å². The van der Waals surface area contributed by atoms with Crippen molar-refractivity contribution in [3.8, 4) is 5.75 Å². The van der Waals surface area contributed by atoms with Crippen LogP contribution in [-0.4, -0.2) is 25.6 Å². The molecule has 2 rings (SSSR count). The molecule has 1 aromatic carbocycles. The average Bonchev–Trinajstić information content (AvgIpc) is 2.76. The van der Waals surface area contributed by atoms with Crippen LogP contribution in [0.2, 0.25) is 0 Å². The molecule has 2 atom stereocenters. The van der Waals surface area contributed by atoms with Crippen LogP contribution in [0.15, 0.2) is 22.7 Å². The fourth-order valence-corrected chi connectivity index (χ4v) is 2.82. The maximum Gasteiger partial charge on any atom is 0.166 e. The zero-order chi connectivity index (χ0) is 13.1. The quantitative estimate of drug-likeness (QED) is 0.857. The van der Waals surface area contributed by atoms with Gasteiger partial charge in [0.1, 0.15) is 11.9 Å². The number of ether oxygens (including phenoxy) is 2. The number of halogens is 1. The lowest BCUT2D eigenvalue weighted by Crippen LogP contribution is -2.26. The van der Waals surface area contributed by atoms with Crippen molar-refractivity contribution in [1.82, 2.24) is 0 Å². The highest BCUT2D eigenvalue weighted by Crippen LogP contribution is 2.27. The largest absolute Gasteiger partial charge is 0.496 e. The number of Topliss-reactive ketones (excluding diaryl/α,β-unsaturated/α-hetero) is 1. The van der Waals surface area contributed by atoms with Crippen molar-refractivity contribution in [1.29, 1.82) is 0 Å². The molecule has 0 bridgehead atoms. The van der Waals surface area contributed by atoms with Crippen molar-refractivity contribution < 1.29 is 14.3 Å². The van der Waals surface area contributed by atoms with Crippen molar-refractivity contribution in [3.63, 3.8) is 0 Å². The summed E-state index contributed by atoms with van der Waals surface area (Å²) < 4.78 is 11.5. The van der Waals surface area contributed by atoms with Crippen molar-refractivity contribution >= 4 is 21.7 Å². The standard InChI is InChI=1S/C14H17BrO3/c1-9-5-6-18-14(9)12(16)8-10-3-4-13(17-2)11(15)7-10/h3-4,7,9,14H,5-6,8H2,1-2H3. The van der Waals surface area contributed by atoms with Gasteiger partial charge in [-0.05, 0) is 46.0 Å². The van der Waals surface area contributed by atoms with E-state index in [0.717, 1.165) is 22.2 Å². The molecule has 1 aliphatic rings. The van der Waals surface area contributed by atoms with Crippen LogP contribution in [0.3, 0.4) is 0 Å². The molecule has 1 fully saturated rings. The number of benzene rings is 1. The molecule has 1 aliphatic heterocycles. The van der Waals surface area contributed by atoms with Crippen molar-refractivity contribution in [3.05, 3.63) is 28.2 Å². The first-order valence-electron chi connectivity index (χ1n) is 6.08. The van der Waals surface area contributed by atoms with Gasteiger partial charge in [-0.3, -0.25) is 4.79 Å². The van der Waals surface area contributed by atoms with Gasteiger partial charge in [0, 0.05) is 13.0 Å². The van der Waals surface area contributed by atoms with Crippen LogP contribution < -0.4 is 4.74 Å². The maximum absolute atomic E-state index is 12.1. The molecule has 2 unspecified atom stereocenters. The molecule has 18 heavy (non-hydrogen) atoms. The summed E-state index contributed by atoms with van der Waals surface area (Å²) in [4.78, 5) is 12.1. The van der Waals surface area contributed by atoms with Gasteiger partial charge >= 0.3 is 0 Å². The predicted molar refractivity (Wildman–Crippen MR) is 72.9 cm³/mol. The summed E-state index contributed by atoms with van der Waals surface area (Å²) in [6.45, 7) is 2.77.